The van der Waals surface area contributed by atoms with E-state index in [4.69, 9.17) is 0 Å². The van der Waals surface area contributed by atoms with E-state index in [1.54, 1.807) is 11.4 Å². The Morgan fingerprint density at radius 2 is 1.68 bits per heavy atom. The zero-order valence-corrected chi connectivity index (χ0v) is 17.8. The highest BCUT2D eigenvalue weighted by atomic mass is 32.1. The van der Waals surface area contributed by atoms with E-state index in [-0.39, 0.29) is 19.0 Å². The first kappa shape index (κ1) is 20.7. The maximum Gasteiger partial charge on any atom is 0.332 e. The van der Waals surface area contributed by atoms with Crippen molar-refractivity contribution in [3.05, 3.63) is 97.3 Å². The van der Waals surface area contributed by atoms with Crippen molar-refractivity contribution in [3.63, 3.8) is 0 Å². The van der Waals surface area contributed by atoms with Gasteiger partial charge in [-0.1, -0.05) is 18.2 Å². The van der Waals surface area contributed by atoms with Gasteiger partial charge in [0.2, 0.25) is 5.91 Å². The van der Waals surface area contributed by atoms with E-state index in [0.29, 0.717) is 21.5 Å². The zero-order chi connectivity index (χ0) is 22.1. The highest BCUT2D eigenvalue weighted by Gasteiger charge is 2.17. The molecule has 0 radical (unpaired) electrons. The second kappa shape index (κ2) is 8.31. The maximum atomic E-state index is 13.2. The lowest BCUT2D eigenvalue weighted by Crippen LogP contribution is -2.41. The smallest absolute Gasteiger partial charge is 0.325 e. The molecular weight excluding hydrogens is 417 g/mol. The summed E-state index contributed by atoms with van der Waals surface area (Å²) in [6, 6.07) is 13.0. The lowest BCUT2D eigenvalue weighted by Gasteiger charge is -2.13. The largest absolute Gasteiger partial charge is 0.332 e. The average Bonchev–Trinajstić information content (AvgIpc) is 3.19. The van der Waals surface area contributed by atoms with Gasteiger partial charge in [-0.25, -0.2) is 9.18 Å². The summed E-state index contributed by atoms with van der Waals surface area (Å²) in [6.07, 6.45) is 0. The van der Waals surface area contributed by atoms with Gasteiger partial charge >= 0.3 is 5.69 Å². The van der Waals surface area contributed by atoms with Crippen LogP contribution in [0, 0.1) is 19.7 Å². The molecule has 2 heterocycles. The van der Waals surface area contributed by atoms with Gasteiger partial charge in [-0.2, -0.15) is 0 Å². The number of thiophene rings is 1. The van der Waals surface area contributed by atoms with E-state index < -0.39 is 17.1 Å². The molecule has 0 spiro atoms. The summed E-state index contributed by atoms with van der Waals surface area (Å²) < 4.78 is 16.0. The Morgan fingerprint density at radius 3 is 2.35 bits per heavy atom. The van der Waals surface area contributed by atoms with Gasteiger partial charge in [0, 0.05) is 5.69 Å². The van der Waals surface area contributed by atoms with Crippen LogP contribution in [-0.4, -0.2) is 15.0 Å². The van der Waals surface area contributed by atoms with E-state index in [0.717, 1.165) is 15.7 Å². The molecule has 0 saturated carbocycles. The van der Waals surface area contributed by atoms with Crippen molar-refractivity contribution in [2.75, 3.05) is 5.32 Å². The molecule has 158 valence electrons. The molecule has 0 saturated heterocycles. The topological polar surface area (TPSA) is 73.1 Å². The van der Waals surface area contributed by atoms with Crippen LogP contribution < -0.4 is 16.6 Å². The molecule has 0 aliphatic heterocycles. The van der Waals surface area contributed by atoms with Gasteiger partial charge in [-0.05, 0) is 66.2 Å². The number of fused-ring (bicyclic) bond motifs is 1. The number of aryl methyl sites for hydroxylation is 2. The fourth-order valence-corrected chi connectivity index (χ4v) is 4.43. The molecule has 4 rings (SSSR count). The Bertz CT molecular complexity index is 1380. The van der Waals surface area contributed by atoms with Crippen molar-refractivity contribution in [1.29, 1.82) is 0 Å². The molecule has 2 aromatic carbocycles. The number of aromatic nitrogens is 2. The Hall–Kier alpha value is -3.52. The first-order chi connectivity index (χ1) is 14.8. The summed E-state index contributed by atoms with van der Waals surface area (Å²) >= 11 is 1.21. The highest BCUT2D eigenvalue weighted by Crippen LogP contribution is 2.17. The van der Waals surface area contributed by atoms with Gasteiger partial charge < -0.3 is 5.32 Å². The number of nitrogens with one attached hydrogen (secondary N) is 1. The third-order valence-corrected chi connectivity index (χ3v) is 5.79. The number of carbonyl (C=O) groups excluding carboxylic acids is 1. The van der Waals surface area contributed by atoms with E-state index in [1.165, 1.54) is 40.2 Å². The second-order valence-corrected chi connectivity index (χ2v) is 8.36. The number of rotatable bonds is 5. The van der Waals surface area contributed by atoms with Crippen molar-refractivity contribution >= 4 is 33.1 Å². The summed E-state index contributed by atoms with van der Waals surface area (Å²) in [5, 5.41) is 4.54. The highest BCUT2D eigenvalue weighted by molar-refractivity contribution is 7.17. The van der Waals surface area contributed by atoms with Crippen molar-refractivity contribution in [2.45, 2.75) is 26.9 Å². The number of amides is 1. The maximum absolute atomic E-state index is 13.2. The molecule has 31 heavy (non-hydrogen) atoms. The first-order valence-electron chi connectivity index (χ1n) is 9.65. The van der Waals surface area contributed by atoms with Crippen LogP contribution in [0.5, 0.6) is 0 Å². The van der Waals surface area contributed by atoms with Crippen LogP contribution >= 0.6 is 11.3 Å². The van der Waals surface area contributed by atoms with Gasteiger partial charge in [0.05, 0.1) is 12.1 Å². The number of carbonyl (C=O) groups is 1. The molecule has 8 heteroatoms. The van der Waals surface area contributed by atoms with Gasteiger partial charge in [-0.15, -0.1) is 11.3 Å². The molecule has 0 bridgehead atoms. The first-order valence-corrected chi connectivity index (χ1v) is 10.5. The predicted molar refractivity (Wildman–Crippen MR) is 120 cm³/mol. The Labute approximate surface area is 181 Å². The summed E-state index contributed by atoms with van der Waals surface area (Å²) in [7, 11) is 0. The zero-order valence-electron chi connectivity index (χ0n) is 17.0. The molecule has 0 aliphatic rings. The SMILES string of the molecule is Cc1cc(C)cc(NC(=O)Cn2c(=O)n(Cc3ccc(F)cc3)c(=O)c3sccc32)c1. The minimum Gasteiger partial charge on any atom is -0.325 e. The van der Waals surface area contributed by atoms with E-state index in [1.807, 2.05) is 32.0 Å². The van der Waals surface area contributed by atoms with E-state index in [2.05, 4.69) is 5.32 Å². The second-order valence-electron chi connectivity index (χ2n) is 7.45. The third-order valence-electron chi connectivity index (χ3n) is 4.90. The summed E-state index contributed by atoms with van der Waals surface area (Å²) in [5.74, 6) is -0.767. The summed E-state index contributed by atoms with van der Waals surface area (Å²) in [6.45, 7) is 3.63. The number of anilines is 1. The van der Waals surface area contributed by atoms with Crippen LogP contribution in [0.3, 0.4) is 0 Å². The van der Waals surface area contributed by atoms with E-state index >= 15 is 0 Å². The fraction of sp³-hybridized carbons (Fsp3) is 0.174. The van der Waals surface area contributed by atoms with Crippen molar-refractivity contribution in [2.24, 2.45) is 0 Å². The fourth-order valence-electron chi connectivity index (χ4n) is 3.59. The molecule has 0 fully saturated rings. The quantitative estimate of drug-likeness (QED) is 0.518. The molecule has 6 nitrogen and oxygen atoms in total. The van der Waals surface area contributed by atoms with Gasteiger partial charge in [0.15, 0.2) is 0 Å². The number of nitrogens with zero attached hydrogens (tertiary/aromatic N) is 2. The third kappa shape index (κ3) is 4.34. The van der Waals surface area contributed by atoms with Crippen molar-refractivity contribution < 1.29 is 9.18 Å². The molecule has 4 aromatic rings. The predicted octanol–water partition coefficient (Wildman–Crippen LogP) is 3.67. The lowest BCUT2D eigenvalue weighted by atomic mass is 10.1. The van der Waals surface area contributed by atoms with Crippen LogP contribution in [0.1, 0.15) is 16.7 Å². The van der Waals surface area contributed by atoms with Crippen LogP contribution in [0.2, 0.25) is 0 Å². The van der Waals surface area contributed by atoms with Crippen molar-refractivity contribution in [1.82, 2.24) is 9.13 Å². The minimum atomic E-state index is -0.587. The van der Waals surface area contributed by atoms with Crippen LogP contribution in [0.4, 0.5) is 10.1 Å². The summed E-state index contributed by atoms with van der Waals surface area (Å²) in [4.78, 5) is 38.7. The normalized spacial score (nSPS) is 11.1. The molecule has 2 aromatic heterocycles. The number of benzene rings is 2. The molecule has 0 atom stereocenters. The number of halogens is 1. The molecule has 0 aliphatic carbocycles. The monoisotopic (exact) mass is 437 g/mol. The standard InChI is InChI=1S/C23H20FN3O3S/c1-14-9-15(2)11-18(10-14)25-20(28)13-26-19-7-8-31-21(19)22(29)27(23(26)30)12-16-3-5-17(24)6-4-16/h3-11H,12-13H2,1-2H3,(H,25,28). The van der Waals surface area contributed by atoms with Crippen LogP contribution in [0.25, 0.3) is 10.2 Å². The van der Waals surface area contributed by atoms with Gasteiger partial charge in [0.25, 0.3) is 5.56 Å². The van der Waals surface area contributed by atoms with E-state index in [9.17, 15) is 18.8 Å². The number of hydrogen-bond donors (Lipinski definition) is 1. The van der Waals surface area contributed by atoms with Crippen LogP contribution in [-0.2, 0) is 17.9 Å². The average molecular weight is 437 g/mol. The molecular formula is C23H20FN3O3S. The van der Waals surface area contributed by atoms with Gasteiger partial charge in [-0.3, -0.25) is 18.7 Å². The Morgan fingerprint density at radius 1 is 1.00 bits per heavy atom. The van der Waals surface area contributed by atoms with Crippen LogP contribution in [0.15, 0.2) is 63.5 Å². The minimum absolute atomic E-state index is 0.00944. The number of hydrogen-bond acceptors (Lipinski definition) is 4. The van der Waals surface area contributed by atoms with Crippen molar-refractivity contribution in [3.8, 4) is 0 Å². The molecule has 1 N–H and O–H groups in total. The Balaban J connectivity index is 1.70. The lowest BCUT2D eigenvalue weighted by molar-refractivity contribution is -0.116. The van der Waals surface area contributed by atoms with Gasteiger partial charge in [0.1, 0.15) is 17.1 Å². The molecule has 1 amide bonds. The molecule has 0 unspecified atom stereocenters. The summed E-state index contributed by atoms with van der Waals surface area (Å²) in [5.41, 5.74) is 2.70. The Kier molecular flexibility index (Phi) is 5.56.